The number of ether oxygens (including phenoxy) is 2. The minimum atomic E-state index is -1.39. The van der Waals surface area contributed by atoms with Gasteiger partial charge in [-0.2, -0.15) is 10.5 Å². The van der Waals surface area contributed by atoms with E-state index in [-0.39, 0.29) is 0 Å². The number of nitrogens with zero attached hydrogens (tertiary/aromatic N) is 2. The maximum absolute atomic E-state index is 11.2. The summed E-state index contributed by atoms with van der Waals surface area (Å²) in [6, 6.07) is 11.8. The third-order valence-electron chi connectivity index (χ3n) is 1.98. The number of esters is 2. The van der Waals surface area contributed by atoms with Crippen LogP contribution in [-0.4, -0.2) is 18.4 Å². The monoisotopic (exact) mass is 273 g/mol. The first-order valence-electron chi connectivity index (χ1n) is 5.60. The molecule has 0 unspecified atom stereocenters. The Bertz CT molecular complexity index is 515. The fraction of sp³-hybridized carbons (Fsp3) is 0.231. The molecule has 0 aliphatic carbocycles. The predicted octanol–water partition coefficient (Wildman–Crippen LogP) is 1.30. The van der Waals surface area contributed by atoms with Crippen molar-refractivity contribution in [1.29, 1.82) is 10.5 Å². The van der Waals surface area contributed by atoms with Gasteiger partial charge in [0.05, 0.1) is 12.1 Å². The van der Waals surface area contributed by atoms with Crippen LogP contribution in [0.3, 0.4) is 0 Å². The lowest BCUT2D eigenvalue weighted by Gasteiger charge is -2.19. The summed E-state index contributed by atoms with van der Waals surface area (Å²) in [6.07, 6.45) is -2.33. The molecule has 1 rings (SSSR count). The molecule has 0 aromatic heterocycles. The van der Waals surface area contributed by atoms with Crippen LogP contribution in [0.1, 0.15) is 12.8 Å². The number of carbonyl (C=O) groups excluding carboxylic acids is 2. The molecule has 0 spiro atoms. The molecule has 0 atom stereocenters. The van der Waals surface area contributed by atoms with Gasteiger partial charge in [0.1, 0.15) is 12.8 Å². The van der Waals surface area contributed by atoms with Crippen molar-refractivity contribution >= 4 is 17.6 Å². The molecule has 20 heavy (non-hydrogen) atoms. The van der Waals surface area contributed by atoms with E-state index in [0.717, 1.165) is 0 Å². The summed E-state index contributed by atoms with van der Waals surface area (Å²) in [5, 5.41) is 19.4. The molecule has 0 aliphatic heterocycles. The number of rotatable bonds is 6. The van der Waals surface area contributed by atoms with E-state index in [4.69, 9.17) is 20.0 Å². The molecule has 1 N–H and O–H groups in total. The van der Waals surface area contributed by atoms with Gasteiger partial charge in [-0.05, 0) is 12.1 Å². The van der Waals surface area contributed by atoms with Crippen LogP contribution in [0.5, 0.6) is 0 Å². The zero-order valence-corrected chi connectivity index (χ0v) is 10.4. The second kappa shape index (κ2) is 8.11. The lowest BCUT2D eigenvalue weighted by Crippen LogP contribution is -2.31. The van der Waals surface area contributed by atoms with Crippen LogP contribution in [0.2, 0.25) is 0 Å². The van der Waals surface area contributed by atoms with Gasteiger partial charge in [-0.1, -0.05) is 18.2 Å². The molecule has 0 saturated heterocycles. The molecular weight excluding hydrogens is 262 g/mol. The lowest BCUT2D eigenvalue weighted by atomic mass is 10.3. The van der Waals surface area contributed by atoms with Crippen molar-refractivity contribution in [2.75, 3.05) is 5.32 Å². The Labute approximate surface area is 115 Å². The Kier molecular flexibility index (Phi) is 6.09. The number of para-hydroxylation sites is 1. The van der Waals surface area contributed by atoms with Crippen LogP contribution in [0.25, 0.3) is 0 Å². The van der Waals surface area contributed by atoms with E-state index in [2.05, 4.69) is 5.32 Å². The molecule has 0 bridgehead atoms. The summed E-state index contributed by atoms with van der Waals surface area (Å²) in [6.45, 7) is 0. The normalized spacial score (nSPS) is 9.15. The maximum atomic E-state index is 11.2. The van der Waals surface area contributed by atoms with Crippen molar-refractivity contribution in [3.8, 4) is 12.1 Å². The van der Waals surface area contributed by atoms with Gasteiger partial charge in [-0.15, -0.1) is 0 Å². The highest BCUT2D eigenvalue weighted by Crippen LogP contribution is 2.10. The van der Waals surface area contributed by atoms with Crippen molar-refractivity contribution in [3.05, 3.63) is 30.3 Å². The number of hydrogen-bond acceptors (Lipinski definition) is 7. The number of nitriles is 2. The minimum Gasteiger partial charge on any atom is -0.405 e. The summed E-state index contributed by atoms with van der Waals surface area (Å²) in [4.78, 5) is 22.5. The van der Waals surface area contributed by atoms with Gasteiger partial charge in [-0.3, -0.25) is 9.59 Å². The molecule has 0 amide bonds. The van der Waals surface area contributed by atoms with Gasteiger partial charge >= 0.3 is 18.4 Å². The number of nitrogens with one attached hydrogen (secondary N) is 1. The van der Waals surface area contributed by atoms with E-state index < -0.39 is 31.2 Å². The summed E-state index contributed by atoms with van der Waals surface area (Å²) >= 11 is 0. The largest absolute Gasteiger partial charge is 0.405 e. The van der Waals surface area contributed by atoms with E-state index in [9.17, 15) is 9.59 Å². The minimum absolute atomic E-state index is 0.469. The number of hydrogen-bond donors (Lipinski definition) is 1. The fourth-order valence-corrected chi connectivity index (χ4v) is 1.20. The Morgan fingerprint density at radius 2 is 1.55 bits per heavy atom. The Balaban J connectivity index is 2.69. The number of benzene rings is 1. The molecule has 0 aliphatic rings. The van der Waals surface area contributed by atoms with Crippen LogP contribution < -0.4 is 5.32 Å². The zero-order valence-electron chi connectivity index (χ0n) is 10.4. The maximum Gasteiger partial charge on any atom is 0.329 e. The molecule has 102 valence electrons. The first-order chi connectivity index (χ1) is 9.65. The molecule has 1 aromatic carbocycles. The van der Waals surface area contributed by atoms with Crippen molar-refractivity contribution in [1.82, 2.24) is 0 Å². The van der Waals surface area contributed by atoms with Crippen molar-refractivity contribution in [2.45, 2.75) is 19.3 Å². The average Bonchev–Trinajstić information content (AvgIpc) is 2.40. The molecule has 7 heteroatoms. The van der Waals surface area contributed by atoms with E-state index in [1.165, 1.54) is 0 Å². The second-order valence-corrected chi connectivity index (χ2v) is 3.49. The summed E-state index contributed by atoms with van der Waals surface area (Å²) in [5.41, 5.74) is 0.548. The van der Waals surface area contributed by atoms with Gasteiger partial charge in [0.25, 0.3) is 0 Å². The molecule has 0 saturated carbocycles. The number of carbonyl (C=O) groups is 2. The van der Waals surface area contributed by atoms with Gasteiger partial charge in [0, 0.05) is 5.69 Å². The highest BCUT2D eigenvalue weighted by atomic mass is 16.7. The topological polar surface area (TPSA) is 112 Å². The van der Waals surface area contributed by atoms with Crippen LogP contribution >= 0.6 is 0 Å². The highest BCUT2D eigenvalue weighted by Gasteiger charge is 2.18. The van der Waals surface area contributed by atoms with Gasteiger partial charge in [0.2, 0.25) is 0 Å². The smallest absolute Gasteiger partial charge is 0.329 e. The predicted molar refractivity (Wildman–Crippen MR) is 66.5 cm³/mol. The third kappa shape index (κ3) is 5.52. The summed E-state index contributed by atoms with van der Waals surface area (Å²) in [7, 11) is 0. The summed E-state index contributed by atoms with van der Waals surface area (Å²) < 4.78 is 9.57. The summed E-state index contributed by atoms with van der Waals surface area (Å²) in [5.74, 6) is -1.68. The highest BCUT2D eigenvalue weighted by molar-refractivity contribution is 5.74. The number of anilines is 1. The van der Waals surface area contributed by atoms with E-state index in [1.807, 2.05) is 0 Å². The van der Waals surface area contributed by atoms with Crippen molar-refractivity contribution in [2.24, 2.45) is 0 Å². The van der Waals surface area contributed by atoms with Crippen LogP contribution in [0.4, 0.5) is 5.69 Å². The standard InChI is InChI=1S/C13H11N3O4/c14-8-6-11(17)19-13(20-12(18)7-9-15)16-10-4-2-1-3-5-10/h1-5,13,16H,6-7H2. The van der Waals surface area contributed by atoms with E-state index in [1.54, 1.807) is 42.5 Å². The molecule has 1 aromatic rings. The SMILES string of the molecule is N#CCC(=O)OC(Nc1ccccc1)OC(=O)CC#N. The van der Waals surface area contributed by atoms with Crippen LogP contribution in [-0.2, 0) is 19.1 Å². The van der Waals surface area contributed by atoms with E-state index >= 15 is 0 Å². The second-order valence-electron chi connectivity index (χ2n) is 3.49. The quantitative estimate of drug-likeness (QED) is 0.613. The third-order valence-corrected chi connectivity index (χ3v) is 1.98. The lowest BCUT2D eigenvalue weighted by molar-refractivity contribution is -0.181. The molecular formula is C13H11N3O4. The van der Waals surface area contributed by atoms with Crippen LogP contribution in [0.15, 0.2) is 30.3 Å². The zero-order chi connectivity index (χ0) is 14.8. The first-order valence-corrected chi connectivity index (χ1v) is 5.60. The molecule has 0 heterocycles. The van der Waals surface area contributed by atoms with Crippen molar-refractivity contribution in [3.63, 3.8) is 0 Å². The Hall–Kier alpha value is -3.06. The fourth-order valence-electron chi connectivity index (χ4n) is 1.20. The van der Waals surface area contributed by atoms with Crippen molar-refractivity contribution < 1.29 is 19.1 Å². The van der Waals surface area contributed by atoms with Crippen LogP contribution in [0, 0.1) is 22.7 Å². The Morgan fingerprint density at radius 1 is 1.05 bits per heavy atom. The first kappa shape index (κ1) is 15.0. The molecule has 7 nitrogen and oxygen atoms in total. The Morgan fingerprint density at radius 3 is 2.00 bits per heavy atom. The van der Waals surface area contributed by atoms with Gasteiger partial charge < -0.3 is 14.8 Å². The molecule has 0 fully saturated rings. The van der Waals surface area contributed by atoms with E-state index in [0.29, 0.717) is 5.69 Å². The van der Waals surface area contributed by atoms with Gasteiger partial charge in [-0.25, -0.2) is 0 Å². The average molecular weight is 273 g/mol. The molecule has 0 radical (unpaired) electrons. The van der Waals surface area contributed by atoms with Gasteiger partial charge in [0.15, 0.2) is 0 Å².